The molecule has 0 aliphatic carbocycles. The van der Waals surface area contributed by atoms with Crippen LogP contribution in [0.3, 0.4) is 0 Å². The Bertz CT molecular complexity index is 634. The van der Waals surface area contributed by atoms with Crippen LogP contribution in [0.5, 0.6) is 0 Å². The normalized spacial score (nSPS) is 16.0. The Hall–Kier alpha value is -2.09. The minimum Gasteiger partial charge on any atom is -0.343 e. The minimum absolute atomic E-state index is 0.0643. The number of rotatable bonds is 8. The van der Waals surface area contributed by atoms with Crippen molar-refractivity contribution in [3.8, 4) is 0 Å². The van der Waals surface area contributed by atoms with Gasteiger partial charge in [-0.1, -0.05) is 12.1 Å². The molecule has 8 heteroatoms. The van der Waals surface area contributed by atoms with Crippen LogP contribution >= 0.6 is 0 Å². The molecule has 1 aliphatic heterocycles. The smallest absolute Gasteiger partial charge is 0.343 e. The van der Waals surface area contributed by atoms with E-state index < -0.39 is 17.6 Å². The van der Waals surface area contributed by atoms with Gasteiger partial charge in [-0.25, -0.2) is 0 Å². The third-order valence-electron chi connectivity index (χ3n) is 4.27. The van der Waals surface area contributed by atoms with E-state index in [1.165, 1.54) is 18.2 Å². The van der Waals surface area contributed by atoms with Gasteiger partial charge in [-0.15, -0.1) is 0 Å². The van der Waals surface area contributed by atoms with Gasteiger partial charge >= 0.3 is 6.18 Å². The molecule has 144 valence electrons. The van der Waals surface area contributed by atoms with Crippen molar-refractivity contribution < 1.29 is 22.8 Å². The summed E-state index contributed by atoms with van der Waals surface area (Å²) in [5.41, 5.74) is -1.09. The molecule has 0 bridgehead atoms. The number of para-hydroxylation sites is 1. The molecular weight excluding hydrogens is 347 g/mol. The summed E-state index contributed by atoms with van der Waals surface area (Å²) in [6.45, 7) is 3.92. The number of halogens is 3. The zero-order chi connectivity index (χ0) is 19.2. The lowest BCUT2D eigenvalue weighted by atomic mass is 10.1. The summed E-state index contributed by atoms with van der Waals surface area (Å²) < 4.78 is 38.8. The third kappa shape index (κ3) is 6.01. The van der Waals surface area contributed by atoms with Crippen LogP contribution in [0.2, 0.25) is 0 Å². The van der Waals surface area contributed by atoms with Crippen molar-refractivity contribution in [2.45, 2.75) is 44.8 Å². The third-order valence-corrected chi connectivity index (χ3v) is 4.27. The monoisotopic (exact) mass is 371 g/mol. The fraction of sp³-hybridized carbons (Fsp3) is 0.556. The van der Waals surface area contributed by atoms with Gasteiger partial charge in [-0.2, -0.15) is 13.2 Å². The number of anilines is 1. The molecule has 1 atom stereocenters. The molecule has 5 nitrogen and oxygen atoms in total. The zero-order valence-electron chi connectivity index (χ0n) is 14.7. The predicted molar refractivity (Wildman–Crippen MR) is 92.6 cm³/mol. The molecular formula is C18H24F3N3O2. The van der Waals surface area contributed by atoms with Crippen molar-refractivity contribution in [2.24, 2.45) is 0 Å². The fourth-order valence-electron chi connectivity index (χ4n) is 2.95. The van der Waals surface area contributed by atoms with E-state index in [0.717, 1.165) is 25.5 Å². The van der Waals surface area contributed by atoms with Crippen LogP contribution in [0.25, 0.3) is 0 Å². The maximum absolute atomic E-state index is 12.9. The molecule has 0 saturated carbocycles. The van der Waals surface area contributed by atoms with Gasteiger partial charge in [0.25, 0.3) is 0 Å². The Morgan fingerprint density at radius 2 is 2.04 bits per heavy atom. The summed E-state index contributed by atoms with van der Waals surface area (Å²) in [5.74, 6) is -0.294. The van der Waals surface area contributed by atoms with Crippen LogP contribution in [0.4, 0.5) is 18.9 Å². The topological polar surface area (TPSA) is 61.4 Å². The molecule has 2 amide bonds. The van der Waals surface area contributed by atoms with Crippen molar-refractivity contribution in [1.29, 1.82) is 0 Å². The summed E-state index contributed by atoms with van der Waals surface area (Å²) in [4.78, 5) is 25.3. The molecule has 2 rings (SSSR count). The Labute approximate surface area is 150 Å². The molecule has 1 aliphatic rings. The van der Waals surface area contributed by atoms with Gasteiger partial charge in [0.05, 0.1) is 11.3 Å². The summed E-state index contributed by atoms with van der Waals surface area (Å²) in [7, 11) is 0. The number of hydrogen-bond acceptors (Lipinski definition) is 3. The van der Waals surface area contributed by atoms with Crippen molar-refractivity contribution in [3.63, 3.8) is 0 Å². The first-order valence-electron chi connectivity index (χ1n) is 8.74. The molecule has 1 fully saturated rings. The number of hydrogen-bond donors (Lipinski definition) is 2. The first-order valence-corrected chi connectivity index (χ1v) is 8.74. The molecule has 1 saturated heterocycles. The van der Waals surface area contributed by atoms with Gasteiger partial charge in [-0.3, -0.25) is 9.59 Å². The Morgan fingerprint density at radius 1 is 1.31 bits per heavy atom. The Morgan fingerprint density at radius 3 is 2.69 bits per heavy atom. The maximum Gasteiger partial charge on any atom is 0.418 e. The lowest BCUT2D eigenvalue weighted by Crippen LogP contribution is -2.34. The number of nitrogens with zero attached hydrogens (tertiary/aromatic N) is 1. The highest BCUT2D eigenvalue weighted by Gasteiger charge is 2.33. The van der Waals surface area contributed by atoms with Crippen LogP contribution in [0.15, 0.2) is 24.3 Å². The van der Waals surface area contributed by atoms with Crippen LogP contribution < -0.4 is 10.6 Å². The van der Waals surface area contributed by atoms with E-state index in [-0.39, 0.29) is 24.1 Å². The van der Waals surface area contributed by atoms with Crippen molar-refractivity contribution in [1.82, 2.24) is 10.2 Å². The molecule has 2 N–H and O–H groups in total. The SMILES string of the molecule is CC(CC(=O)Nc1ccccc1C(F)(F)F)NCCCN1CCCC1=O. The number of benzene rings is 1. The van der Waals surface area contributed by atoms with Crippen molar-refractivity contribution in [3.05, 3.63) is 29.8 Å². The summed E-state index contributed by atoms with van der Waals surface area (Å²) >= 11 is 0. The molecule has 0 aromatic heterocycles. The first kappa shape index (κ1) is 20.2. The minimum atomic E-state index is -4.51. The second-order valence-corrected chi connectivity index (χ2v) is 6.49. The molecule has 0 spiro atoms. The Balaban J connectivity index is 1.73. The van der Waals surface area contributed by atoms with E-state index >= 15 is 0 Å². The lowest BCUT2D eigenvalue weighted by Gasteiger charge is -2.18. The van der Waals surface area contributed by atoms with Crippen LogP contribution in [-0.2, 0) is 15.8 Å². The average Bonchev–Trinajstić information content (AvgIpc) is 2.96. The molecule has 1 unspecified atom stereocenters. The second-order valence-electron chi connectivity index (χ2n) is 6.49. The van der Waals surface area contributed by atoms with Crippen LogP contribution in [0, 0.1) is 0 Å². The fourth-order valence-corrected chi connectivity index (χ4v) is 2.95. The van der Waals surface area contributed by atoms with Crippen LogP contribution in [0.1, 0.15) is 38.2 Å². The summed E-state index contributed by atoms with van der Waals surface area (Å²) in [6.07, 6.45) is -2.16. The lowest BCUT2D eigenvalue weighted by molar-refractivity contribution is -0.137. The maximum atomic E-state index is 12.9. The largest absolute Gasteiger partial charge is 0.418 e. The highest BCUT2D eigenvalue weighted by molar-refractivity contribution is 5.92. The highest BCUT2D eigenvalue weighted by atomic mass is 19.4. The van der Waals surface area contributed by atoms with Crippen LogP contribution in [-0.4, -0.2) is 42.4 Å². The number of carbonyl (C=O) groups excluding carboxylic acids is 2. The van der Waals surface area contributed by atoms with Crippen molar-refractivity contribution >= 4 is 17.5 Å². The average molecular weight is 371 g/mol. The Kier molecular flexibility index (Phi) is 7.02. The van der Waals surface area contributed by atoms with Gasteiger partial charge in [0.2, 0.25) is 11.8 Å². The number of alkyl halides is 3. The molecule has 1 aromatic rings. The van der Waals surface area contributed by atoms with E-state index in [2.05, 4.69) is 10.6 Å². The van der Waals surface area contributed by atoms with E-state index in [1.54, 1.807) is 6.92 Å². The first-order chi connectivity index (χ1) is 12.3. The molecule has 0 radical (unpaired) electrons. The number of amides is 2. The van der Waals surface area contributed by atoms with Crippen molar-refractivity contribution in [2.75, 3.05) is 25.0 Å². The standard InChI is InChI=1S/C18H24F3N3O2/c1-13(22-9-5-11-24-10-4-8-17(24)26)12-16(25)23-15-7-3-2-6-14(15)18(19,20)21/h2-3,6-7,13,22H,4-5,8-12H2,1H3,(H,23,25). The van der Waals surface area contributed by atoms with Gasteiger partial charge in [0, 0.05) is 32.0 Å². The van der Waals surface area contributed by atoms with E-state index in [9.17, 15) is 22.8 Å². The highest BCUT2D eigenvalue weighted by Crippen LogP contribution is 2.34. The number of carbonyl (C=O) groups is 2. The summed E-state index contributed by atoms with van der Waals surface area (Å²) in [6, 6.07) is 4.74. The van der Waals surface area contributed by atoms with E-state index in [4.69, 9.17) is 0 Å². The molecule has 26 heavy (non-hydrogen) atoms. The second kappa shape index (κ2) is 9.02. The van der Waals surface area contributed by atoms with E-state index in [0.29, 0.717) is 19.5 Å². The van der Waals surface area contributed by atoms with Gasteiger partial charge in [0.1, 0.15) is 0 Å². The quantitative estimate of drug-likeness (QED) is 0.691. The summed E-state index contributed by atoms with van der Waals surface area (Å²) in [5, 5.41) is 5.50. The number of nitrogens with one attached hydrogen (secondary N) is 2. The van der Waals surface area contributed by atoms with Gasteiger partial charge in [-0.05, 0) is 38.4 Å². The molecule has 1 heterocycles. The van der Waals surface area contributed by atoms with E-state index in [1.807, 2.05) is 4.90 Å². The van der Waals surface area contributed by atoms with Gasteiger partial charge in [0.15, 0.2) is 0 Å². The van der Waals surface area contributed by atoms with Gasteiger partial charge < -0.3 is 15.5 Å². The predicted octanol–water partition coefficient (Wildman–Crippen LogP) is 3.02. The zero-order valence-corrected chi connectivity index (χ0v) is 14.7. The number of likely N-dealkylation sites (tertiary alicyclic amines) is 1. The molecule has 1 aromatic carbocycles.